The van der Waals surface area contributed by atoms with Gasteiger partial charge in [0.2, 0.25) is 0 Å². The van der Waals surface area contributed by atoms with Crippen LogP contribution in [-0.2, 0) is 0 Å². The molecule has 62 heavy (non-hydrogen) atoms. The highest BCUT2D eigenvalue weighted by molar-refractivity contribution is 5.80. The van der Waals surface area contributed by atoms with Gasteiger partial charge in [-0.1, -0.05) is 127 Å². The van der Waals surface area contributed by atoms with E-state index in [9.17, 15) is 0 Å². The molecular formula is C59H59NO2. The first-order valence-corrected chi connectivity index (χ1v) is 24.3. The van der Waals surface area contributed by atoms with Crippen molar-refractivity contribution in [1.29, 1.82) is 0 Å². The van der Waals surface area contributed by atoms with Gasteiger partial charge in [0.15, 0.2) is 0 Å². The largest absolute Gasteiger partial charge is 0.485 e. The zero-order valence-corrected chi connectivity index (χ0v) is 36.0. The van der Waals surface area contributed by atoms with Crippen LogP contribution in [0.1, 0.15) is 106 Å². The molecule has 3 aromatic rings. The third kappa shape index (κ3) is 5.75. The molecule has 2 aliphatic heterocycles. The van der Waals surface area contributed by atoms with E-state index in [1.54, 1.807) is 11.1 Å². The SMILES string of the molecule is C1=CCCC(C2(C3CCCC(c4ccc(N(C5=CC6Oc7ccccc7C6CC5)C5=CC=C6c7ccccc7OC6C5)cc4)C3)C3C=CC=CC3C3CC=CC4=CCCC2C43)=C1. The van der Waals surface area contributed by atoms with Crippen LogP contribution in [0.2, 0.25) is 0 Å². The van der Waals surface area contributed by atoms with Gasteiger partial charge in [-0.3, -0.25) is 0 Å². The summed E-state index contributed by atoms with van der Waals surface area (Å²) in [7, 11) is 0. The molecule has 2 heterocycles. The Hall–Kier alpha value is -5.28. The van der Waals surface area contributed by atoms with E-state index in [1.165, 1.54) is 97.1 Å². The van der Waals surface area contributed by atoms with E-state index in [-0.39, 0.29) is 17.6 Å². The van der Waals surface area contributed by atoms with E-state index < -0.39 is 0 Å². The number of para-hydroxylation sites is 2. The Morgan fingerprint density at radius 3 is 2.53 bits per heavy atom. The van der Waals surface area contributed by atoms with Crippen molar-refractivity contribution in [3.8, 4) is 11.5 Å². The summed E-state index contributed by atoms with van der Waals surface area (Å²) in [6.45, 7) is 0. The standard InChI is InChI=1S/C59H59NO2/c1-2-16-41(17-3-1)59(52-23-7-4-19-46(52)51-22-11-13-39-14-12-24-53(59)58(39)51)42-18-10-15-40(35-42)38-27-29-43(30-28-38)60(44-31-33-49-47-20-5-8-25-54(47)61-56(49)36-44)45-32-34-50-48-21-6-9-26-55(48)62-57(50)37-45/h1-2,4-9,11,13-14,16,19-21,23,25-31,33,37,40,42,46,50-53,56-58H,3,10,12,15,17-18,22,24,32,34-36H2. The highest BCUT2D eigenvalue weighted by Gasteiger charge is 2.62. The molecule has 0 N–H and O–H groups in total. The number of hydrogen-bond acceptors (Lipinski definition) is 3. The van der Waals surface area contributed by atoms with Crippen LogP contribution >= 0.6 is 0 Å². The molecule has 2 fully saturated rings. The molecule has 3 nitrogen and oxygen atoms in total. The van der Waals surface area contributed by atoms with Crippen molar-refractivity contribution in [2.75, 3.05) is 4.90 Å². The van der Waals surface area contributed by atoms with Gasteiger partial charge in [-0.15, -0.1) is 0 Å². The average molecular weight is 814 g/mol. The van der Waals surface area contributed by atoms with Gasteiger partial charge in [-0.2, -0.15) is 0 Å². The molecule has 3 aromatic carbocycles. The summed E-state index contributed by atoms with van der Waals surface area (Å²) < 4.78 is 13.3. The summed E-state index contributed by atoms with van der Waals surface area (Å²) >= 11 is 0. The van der Waals surface area contributed by atoms with Gasteiger partial charge in [-0.05, 0) is 153 Å². The molecule has 0 amide bonds. The summed E-state index contributed by atoms with van der Waals surface area (Å²) in [5.74, 6) is 7.03. The molecule has 11 atom stereocenters. The summed E-state index contributed by atoms with van der Waals surface area (Å²) in [5, 5.41) is 0. The van der Waals surface area contributed by atoms with Crippen molar-refractivity contribution in [2.45, 2.75) is 101 Å². The number of benzene rings is 3. The number of allylic oxidation sites excluding steroid dienone is 15. The van der Waals surface area contributed by atoms with E-state index in [0.29, 0.717) is 41.4 Å². The Morgan fingerprint density at radius 2 is 1.61 bits per heavy atom. The van der Waals surface area contributed by atoms with Crippen molar-refractivity contribution < 1.29 is 9.47 Å². The summed E-state index contributed by atoms with van der Waals surface area (Å²) in [6, 6.07) is 27.2. The number of rotatable bonds is 6. The van der Waals surface area contributed by atoms with E-state index in [4.69, 9.17) is 9.47 Å². The first kappa shape index (κ1) is 37.3. The molecule has 312 valence electrons. The van der Waals surface area contributed by atoms with Crippen LogP contribution < -0.4 is 14.4 Å². The minimum atomic E-state index is 0.0314. The minimum Gasteiger partial charge on any atom is -0.485 e. The first-order chi connectivity index (χ1) is 30.7. The van der Waals surface area contributed by atoms with Crippen molar-refractivity contribution in [1.82, 2.24) is 0 Å². The molecule has 11 unspecified atom stereocenters. The Kier molecular flexibility index (Phi) is 8.98. The Balaban J connectivity index is 0.848. The van der Waals surface area contributed by atoms with Crippen LogP contribution in [0.15, 0.2) is 174 Å². The number of nitrogens with zero attached hydrogens (tertiary/aromatic N) is 1. The van der Waals surface area contributed by atoms with Gasteiger partial charge < -0.3 is 14.4 Å². The van der Waals surface area contributed by atoms with Crippen molar-refractivity contribution in [3.05, 3.63) is 191 Å². The normalized spacial score (nSPS) is 35.5. The smallest absolute Gasteiger partial charge is 0.130 e. The van der Waals surface area contributed by atoms with Crippen LogP contribution in [-0.4, -0.2) is 12.2 Å². The molecule has 0 aromatic heterocycles. The van der Waals surface area contributed by atoms with E-state index in [0.717, 1.165) is 36.7 Å². The van der Waals surface area contributed by atoms with Crippen LogP contribution in [0.4, 0.5) is 5.69 Å². The van der Waals surface area contributed by atoms with Gasteiger partial charge in [0, 0.05) is 51.5 Å². The maximum Gasteiger partial charge on any atom is 0.130 e. The van der Waals surface area contributed by atoms with Crippen molar-refractivity contribution in [3.63, 3.8) is 0 Å². The van der Waals surface area contributed by atoms with Gasteiger partial charge in [0.25, 0.3) is 0 Å². The topological polar surface area (TPSA) is 21.7 Å². The minimum absolute atomic E-state index is 0.0314. The number of hydrogen-bond donors (Lipinski definition) is 0. The average Bonchev–Trinajstić information content (AvgIpc) is 3.90. The molecule has 3 heteroatoms. The quantitative estimate of drug-likeness (QED) is 0.247. The molecular weight excluding hydrogens is 755 g/mol. The second-order valence-corrected chi connectivity index (χ2v) is 20.2. The monoisotopic (exact) mass is 813 g/mol. The second kappa shape index (κ2) is 14.9. The Labute approximate surface area is 368 Å². The van der Waals surface area contributed by atoms with Crippen LogP contribution in [0.5, 0.6) is 11.5 Å². The first-order valence-electron chi connectivity index (χ1n) is 24.3. The van der Waals surface area contributed by atoms with Crippen LogP contribution in [0.25, 0.3) is 5.57 Å². The molecule has 13 rings (SSSR count). The van der Waals surface area contributed by atoms with Gasteiger partial charge in [0.1, 0.15) is 23.7 Å². The highest BCUT2D eigenvalue weighted by Crippen LogP contribution is 2.69. The number of ether oxygens (including phenoxy) is 2. The molecule has 0 spiro atoms. The fourth-order valence-corrected chi connectivity index (χ4v) is 15.2. The summed E-state index contributed by atoms with van der Waals surface area (Å²) in [5.41, 5.74) is 13.0. The van der Waals surface area contributed by atoms with Gasteiger partial charge >= 0.3 is 0 Å². The summed E-state index contributed by atoms with van der Waals surface area (Å²) in [6.07, 6.45) is 46.9. The number of anilines is 1. The van der Waals surface area contributed by atoms with E-state index in [2.05, 4.69) is 157 Å². The van der Waals surface area contributed by atoms with Crippen LogP contribution in [0, 0.1) is 40.9 Å². The van der Waals surface area contributed by atoms with Crippen molar-refractivity contribution in [2.24, 2.45) is 40.9 Å². The fraction of sp³-hybridized carbons (Fsp3) is 0.390. The molecule has 0 saturated heterocycles. The van der Waals surface area contributed by atoms with Gasteiger partial charge in [-0.25, -0.2) is 0 Å². The maximum atomic E-state index is 6.64. The number of fused-ring (bicyclic) bond motifs is 8. The van der Waals surface area contributed by atoms with Crippen LogP contribution in [0.3, 0.4) is 0 Å². The van der Waals surface area contributed by atoms with E-state index >= 15 is 0 Å². The lowest BCUT2D eigenvalue weighted by Gasteiger charge is -2.65. The Morgan fingerprint density at radius 1 is 0.726 bits per heavy atom. The maximum absolute atomic E-state index is 6.64. The fourth-order valence-electron chi connectivity index (χ4n) is 15.2. The third-order valence-corrected chi connectivity index (χ3v) is 17.5. The highest BCUT2D eigenvalue weighted by atomic mass is 16.5. The lowest BCUT2D eigenvalue weighted by molar-refractivity contribution is -0.0820. The lowest BCUT2D eigenvalue weighted by atomic mass is 9.38. The zero-order valence-electron chi connectivity index (χ0n) is 36.0. The molecule has 0 radical (unpaired) electrons. The van der Waals surface area contributed by atoms with Gasteiger partial charge in [0.05, 0.1) is 0 Å². The van der Waals surface area contributed by atoms with E-state index in [1.807, 2.05) is 0 Å². The molecule has 0 bridgehead atoms. The molecule has 2 saturated carbocycles. The predicted molar refractivity (Wildman–Crippen MR) is 252 cm³/mol. The van der Waals surface area contributed by atoms with Crippen molar-refractivity contribution >= 4 is 11.3 Å². The second-order valence-electron chi connectivity index (χ2n) is 20.2. The summed E-state index contributed by atoms with van der Waals surface area (Å²) in [4.78, 5) is 2.57. The third-order valence-electron chi connectivity index (χ3n) is 17.5. The lowest BCUT2D eigenvalue weighted by Crippen LogP contribution is -2.59. The molecule has 10 aliphatic rings. The predicted octanol–water partition coefficient (Wildman–Crippen LogP) is 14.3. The zero-order chi connectivity index (χ0) is 40.8. The molecule has 8 aliphatic carbocycles. The Bertz CT molecular complexity index is 2570.